The lowest BCUT2D eigenvalue weighted by atomic mass is 9.36. The van der Waals surface area contributed by atoms with Gasteiger partial charge in [0.15, 0.2) is 0 Å². The van der Waals surface area contributed by atoms with Crippen LogP contribution >= 0.6 is 11.8 Å². The Kier molecular flexibility index (Phi) is 10.5. The third-order valence-electron chi connectivity index (χ3n) is 23.1. The minimum atomic E-state index is -0.103. The van der Waals surface area contributed by atoms with Crippen molar-refractivity contribution in [2.45, 2.75) is 222 Å². The van der Waals surface area contributed by atoms with Gasteiger partial charge in [0.05, 0.1) is 5.69 Å². The molecule has 2 fully saturated rings. The maximum atomic E-state index is 2.99. The van der Waals surface area contributed by atoms with Gasteiger partial charge in [-0.3, -0.25) is 0 Å². The monoisotopic (exact) mass is 1050 g/mol. The van der Waals surface area contributed by atoms with Gasteiger partial charge < -0.3 is 9.80 Å². The molecule has 10 aliphatic rings. The second-order valence-electron chi connectivity index (χ2n) is 33.0. The third kappa shape index (κ3) is 7.01. The van der Waals surface area contributed by atoms with E-state index in [4.69, 9.17) is 0 Å². The van der Waals surface area contributed by atoms with E-state index in [0.717, 1.165) is 6.42 Å². The average molecular weight is 1050 g/mol. The third-order valence-corrected chi connectivity index (χ3v) is 24.5. The molecule has 4 heteroatoms. The minimum absolute atomic E-state index is 0.0348. The Labute approximate surface area is 476 Å². The van der Waals surface area contributed by atoms with Gasteiger partial charge in [-0.2, -0.15) is 0 Å². The molecular weight excluding hydrogens is 960 g/mol. The Morgan fingerprint density at radius 2 is 1.06 bits per heavy atom. The first-order valence-corrected chi connectivity index (χ1v) is 31.7. The predicted octanol–water partition coefficient (Wildman–Crippen LogP) is 19.2. The Morgan fingerprint density at radius 3 is 1.68 bits per heavy atom. The smallest absolute Gasteiger partial charge is 0.259 e. The Bertz CT molecular complexity index is 3530. The van der Waals surface area contributed by atoms with E-state index in [9.17, 15) is 0 Å². The van der Waals surface area contributed by atoms with Crippen LogP contribution in [0, 0.1) is 33.5 Å². The van der Waals surface area contributed by atoms with Crippen molar-refractivity contribution in [1.29, 1.82) is 0 Å². The highest BCUT2D eigenvalue weighted by Crippen LogP contribution is 2.69. The van der Waals surface area contributed by atoms with E-state index >= 15 is 0 Å². The van der Waals surface area contributed by atoms with E-state index in [1.54, 1.807) is 43.9 Å². The summed E-state index contributed by atoms with van der Waals surface area (Å²) in [5, 5.41) is 0.341. The first kappa shape index (κ1) is 51.7. The molecule has 3 unspecified atom stereocenters. The van der Waals surface area contributed by atoms with Gasteiger partial charge in [-0.05, 0) is 214 Å². The van der Waals surface area contributed by atoms with Gasteiger partial charge in [0, 0.05) is 51.1 Å². The molecule has 4 aliphatic heterocycles. The summed E-state index contributed by atoms with van der Waals surface area (Å²) in [7, 11) is 0. The molecule has 14 rings (SSSR count). The van der Waals surface area contributed by atoms with E-state index < -0.39 is 0 Å². The second kappa shape index (κ2) is 15.8. The van der Waals surface area contributed by atoms with Crippen molar-refractivity contribution in [2.24, 2.45) is 33.5 Å². The van der Waals surface area contributed by atoms with Crippen LogP contribution in [0.15, 0.2) is 123 Å². The van der Waals surface area contributed by atoms with E-state index in [-0.39, 0.29) is 55.4 Å². The number of fused-ring (bicyclic) bond motifs is 12. The van der Waals surface area contributed by atoms with Crippen LogP contribution in [0.4, 0.5) is 22.7 Å². The zero-order valence-corrected chi connectivity index (χ0v) is 52.3. The van der Waals surface area contributed by atoms with Gasteiger partial charge in [-0.15, -0.1) is 11.8 Å². The molecule has 78 heavy (non-hydrogen) atoms. The van der Waals surface area contributed by atoms with Crippen LogP contribution in [0.5, 0.6) is 0 Å². The predicted molar refractivity (Wildman–Crippen MR) is 337 cm³/mol. The van der Waals surface area contributed by atoms with E-state index in [1.165, 1.54) is 119 Å². The van der Waals surface area contributed by atoms with Crippen LogP contribution in [0.1, 0.15) is 217 Å². The molecule has 4 aromatic carbocycles. The summed E-state index contributed by atoms with van der Waals surface area (Å²) >= 11 is 2.29. The number of hydrogen-bond acceptors (Lipinski definition) is 3. The van der Waals surface area contributed by atoms with E-state index in [0.29, 0.717) is 17.1 Å². The van der Waals surface area contributed by atoms with Crippen molar-refractivity contribution in [3.63, 3.8) is 0 Å². The molecule has 2 bridgehead atoms. The molecule has 0 aromatic heterocycles. The number of nitrogens with zero attached hydrogens (tertiary/aromatic N) is 2. The van der Waals surface area contributed by atoms with Crippen molar-refractivity contribution in [1.82, 2.24) is 0 Å². The number of rotatable bonds is 2. The Hall–Kier alpha value is -4.41. The zero-order valence-electron chi connectivity index (χ0n) is 51.5. The van der Waals surface area contributed by atoms with Crippen LogP contribution in [-0.4, -0.2) is 12.0 Å². The Balaban J connectivity index is 1.15. The fourth-order valence-corrected chi connectivity index (χ4v) is 19.5. The lowest BCUT2D eigenvalue weighted by Crippen LogP contribution is -2.56. The summed E-state index contributed by atoms with van der Waals surface area (Å²) in [6.45, 7) is 48.7. The summed E-state index contributed by atoms with van der Waals surface area (Å²) in [6, 6.07) is 27.9. The highest BCUT2D eigenvalue weighted by Gasteiger charge is 2.61. The molecule has 406 valence electrons. The number of anilines is 4. The van der Waals surface area contributed by atoms with Crippen molar-refractivity contribution >= 4 is 52.1 Å². The van der Waals surface area contributed by atoms with Gasteiger partial charge in [0.25, 0.3) is 6.71 Å². The van der Waals surface area contributed by atoms with Gasteiger partial charge in [0.2, 0.25) is 0 Å². The summed E-state index contributed by atoms with van der Waals surface area (Å²) in [4.78, 5) is 7.49. The normalized spacial score (nSPS) is 28.0. The topological polar surface area (TPSA) is 6.48 Å². The molecule has 1 saturated heterocycles. The summed E-state index contributed by atoms with van der Waals surface area (Å²) in [6.07, 6.45) is 16.4. The molecule has 3 atom stereocenters. The zero-order chi connectivity index (χ0) is 55.4. The number of hydrogen-bond donors (Lipinski definition) is 0. The highest BCUT2D eigenvalue weighted by molar-refractivity contribution is 8.06. The summed E-state index contributed by atoms with van der Waals surface area (Å²) in [5.41, 5.74) is 31.1. The summed E-state index contributed by atoms with van der Waals surface area (Å²) < 4.78 is 0. The maximum absolute atomic E-state index is 2.99. The Morgan fingerprint density at radius 1 is 0.538 bits per heavy atom. The molecule has 4 aromatic rings. The van der Waals surface area contributed by atoms with Crippen molar-refractivity contribution in [3.8, 4) is 11.1 Å². The molecule has 6 aliphatic carbocycles. The van der Waals surface area contributed by atoms with Crippen LogP contribution in [-0.2, 0) is 27.1 Å². The van der Waals surface area contributed by atoms with Gasteiger partial charge >= 0.3 is 0 Å². The van der Waals surface area contributed by atoms with Crippen LogP contribution in [0.3, 0.4) is 0 Å². The largest absolute Gasteiger partial charge is 0.318 e. The molecule has 0 radical (unpaired) electrons. The minimum Gasteiger partial charge on any atom is -0.318 e. The molecule has 1 saturated carbocycles. The van der Waals surface area contributed by atoms with E-state index in [2.05, 4.69) is 232 Å². The fraction of sp³-hybridized carbons (Fsp3) is 0.541. The van der Waals surface area contributed by atoms with Gasteiger partial charge in [0.1, 0.15) is 0 Å². The molecule has 0 amide bonds. The van der Waals surface area contributed by atoms with Gasteiger partial charge in [-0.25, -0.2) is 0 Å². The molecule has 0 N–H and O–H groups in total. The molecule has 4 heterocycles. The number of thioether (sulfide) groups is 1. The van der Waals surface area contributed by atoms with Gasteiger partial charge in [-0.1, -0.05) is 180 Å². The molecule has 2 nitrogen and oxygen atoms in total. The number of benzene rings is 4. The molecular formula is C74H91BN2S. The lowest BCUT2D eigenvalue weighted by Gasteiger charge is -2.52. The number of allylic oxidation sites excluding steroid dienone is 7. The fourth-order valence-electron chi connectivity index (χ4n) is 17.8. The maximum Gasteiger partial charge on any atom is 0.259 e. The van der Waals surface area contributed by atoms with E-state index in [1.807, 2.05) is 5.57 Å². The lowest BCUT2D eigenvalue weighted by molar-refractivity contribution is 0.233. The van der Waals surface area contributed by atoms with Crippen LogP contribution < -0.4 is 20.7 Å². The van der Waals surface area contributed by atoms with Crippen LogP contribution in [0.2, 0.25) is 0 Å². The van der Waals surface area contributed by atoms with Crippen molar-refractivity contribution < 1.29 is 0 Å². The summed E-state index contributed by atoms with van der Waals surface area (Å²) in [5.74, 6) is 0.681. The first-order valence-electron chi connectivity index (χ1n) is 30.8. The quantitative estimate of drug-likeness (QED) is 0.185. The standard InChI is InChI=1S/C74H91BN2S/c1-66(2,3)43-33-56-63-57(34-43)77(54-39-49-47(67(4,5)25-27-69(49,8)9)37-45(54)42-23-21-20-22-24-42)55-40-50-48(68(6,7)26-28-70(50,10)11)38-53(55)75(63)65-64-60-58(78-65)41-52-62(74(18,19)32-30-72(52,14)15)59(60)46-35-44(76(56)64)36-51-61(46)73(16,17)31-29-71(51,12)13/h20-24,33-34,36-41,46,58,60H,25-32,35H2,1-19H3. The first-order chi connectivity index (χ1) is 36.2. The highest BCUT2D eigenvalue weighted by atomic mass is 32.2. The van der Waals surface area contributed by atoms with Crippen molar-refractivity contribution in [3.05, 3.63) is 151 Å². The van der Waals surface area contributed by atoms with Crippen LogP contribution in [0.25, 0.3) is 11.1 Å². The average Bonchev–Trinajstić information content (AvgIpc) is 2.47. The second-order valence-corrected chi connectivity index (χ2v) is 34.3. The molecule has 0 spiro atoms. The SMILES string of the molecule is CC1(C)CCC(C)(C)C2=C3C4CC(=CC5=C4C(C)(C)CCC5(C)C)N4C5=C(SC(C=C21)C35)B1c2cc3c(cc2N(c2cc5c(cc2-c2ccccc2)C(C)(C)CCC5(C)C)c2cc(C(C)(C)C)cc4c21)C(C)(C)CCC3(C)C. The van der Waals surface area contributed by atoms with Crippen molar-refractivity contribution in [2.75, 3.05) is 9.80 Å².